The van der Waals surface area contributed by atoms with Gasteiger partial charge in [0.25, 0.3) is 5.56 Å². The maximum atomic E-state index is 13.9. The van der Waals surface area contributed by atoms with E-state index in [1.807, 2.05) is 36.4 Å². The quantitative estimate of drug-likeness (QED) is 0.487. The Morgan fingerprint density at radius 2 is 1.77 bits per heavy atom. The molecule has 2 unspecified atom stereocenters. The van der Waals surface area contributed by atoms with Gasteiger partial charge < -0.3 is 9.88 Å². The van der Waals surface area contributed by atoms with Gasteiger partial charge in [-0.1, -0.05) is 30.3 Å². The lowest BCUT2D eigenvalue weighted by atomic mass is 9.93. The highest BCUT2D eigenvalue weighted by atomic mass is 19.1. The molecule has 1 saturated heterocycles. The molecule has 0 radical (unpaired) electrons. The van der Waals surface area contributed by atoms with Crippen LogP contribution in [0.5, 0.6) is 0 Å². The molecule has 5 nitrogen and oxygen atoms in total. The van der Waals surface area contributed by atoms with E-state index in [0.29, 0.717) is 36.6 Å². The molecule has 1 fully saturated rings. The summed E-state index contributed by atoms with van der Waals surface area (Å²) in [5.41, 5.74) is 9.05. The van der Waals surface area contributed by atoms with Gasteiger partial charge in [0.05, 0.1) is 5.52 Å². The molecule has 31 heavy (non-hydrogen) atoms. The largest absolute Gasteiger partial charge is 0.312 e. The average molecular weight is 423 g/mol. The molecular weight excluding hydrogens is 391 g/mol. The zero-order valence-electron chi connectivity index (χ0n) is 18.2. The van der Waals surface area contributed by atoms with E-state index >= 15 is 0 Å². The first-order valence-corrected chi connectivity index (χ1v) is 11.1. The number of rotatable bonds is 8. The maximum Gasteiger partial charge on any atom is 0.255 e. The van der Waals surface area contributed by atoms with Crippen molar-refractivity contribution in [3.63, 3.8) is 0 Å². The van der Waals surface area contributed by atoms with Crippen LogP contribution in [0, 0.1) is 11.7 Å². The number of nitrogens with one attached hydrogen (secondary N) is 3. The van der Waals surface area contributed by atoms with Crippen molar-refractivity contribution in [2.24, 2.45) is 5.92 Å². The molecule has 1 aromatic heterocycles. The molecular formula is C25H31FN4O. The number of hydrogen-bond donors (Lipinski definition) is 3. The van der Waals surface area contributed by atoms with Crippen LogP contribution in [0.25, 0.3) is 10.9 Å². The van der Waals surface area contributed by atoms with Crippen LogP contribution in [0.1, 0.15) is 31.4 Å². The first kappa shape index (κ1) is 21.7. The van der Waals surface area contributed by atoms with Gasteiger partial charge in [-0.15, -0.1) is 0 Å². The fourth-order valence-electron chi connectivity index (χ4n) is 4.54. The summed E-state index contributed by atoms with van der Waals surface area (Å²) in [4.78, 5) is 13.3. The van der Waals surface area contributed by atoms with Crippen LogP contribution in [0.4, 0.5) is 4.39 Å². The van der Waals surface area contributed by atoms with Gasteiger partial charge in [-0.3, -0.25) is 15.6 Å². The van der Waals surface area contributed by atoms with Crippen LogP contribution >= 0.6 is 0 Å². The zero-order chi connectivity index (χ0) is 21.8. The van der Waals surface area contributed by atoms with Crippen LogP contribution in [0.2, 0.25) is 0 Å². The third kappa shape index (κ3) is 5.03. The molecule has 3 N–H and O–H groups in total. The molecule has 1 aliphatic rings. The monoisotopic (exact) mass is 422 g/mol. The number of fused-ring (bicyclic) bond motifs is 1. The number of benzene rings is 2. The summed E-state index contributed by atoms with van der Waals surface area (Å²) in [6.07, 6.45) is 1.75. The van der Waals surface area contributed by atoms with Crippen molar-refractivity contribution in [2.45, 2.75) is 51.9 Å². The SMILES string of the molecule is CC1NNC(C)C1CCNCc1cc2ccc(F)cc2n(CCc2ccccc2)c1=O. The van der Waals surface area contributed by atoms with Gasteiger partial charge in [-0.2, -0.15) is 0 Å². The molecule has 0 bridgehead atoms. The van der Waals surface area contributed by atoms with E-state index in [2.05, 4.69) is 30.0 Å². The molecule has 0 amide bonds. The van der Waals surface area contributed by atoms with Crippen LogP contribution in [0.3, 0.4) is 0 Å². The normalized spacial score (nSPS) is 21.1. The molecule has 1 aliphatic heterocycles. The molecule has 2 atom stereocenters. The lowest BCUT2D eigenvalue weighted by Crippen LogP contribution is -2.31. The number of aromatic nitrogens is 1. The minimum atomic E-state index is -0.326. The number of nitrogens with zero attached hydrogens (tertiary/aromatic N) is 1. The van der Waals surface area contributed by atoms with E-state index in [1.165, 1.54) is 12.1 Å². The fraction of sp³-hybridized carbons (Fsp3) is 0.400. The maximum absolute atomic E-state index is 13.9. The second-order valence-electron chi connectivity index (χ2n) is 8.56. The van der Waals surface area contributed by atoms with Gasteiger partial charge >= 0.3 is 0 Å². The van der Waals surface area contributed by atoms with Gasteiger partial charge in [0.2, 0.25) is 0 Å². The molecule has 164 valence electrons. The van der Waals surface area contributed by atoms with Gasteiger partial charge in [-0.05, 0) is 74.4 Å². The van der Waals surface area contributed by atoms with Crippen molar-refractivity contribution in [1.82, 2.24) is 20.7 Å². The summed E-state index contributed by atoms with van der Waals surface area (Å²) in [5.74, 6) is 0.225. The van der Waals surface area contributed by atoms with Crippen molar-refractivity contribution in [2.75, 3.05) is 6.54 Å². The van der Waals surface area contributed by atoms with Crippen molar-refractivity contribution in [1.29, 1.82) is 0 Å². The fourth-order valence-corrected chi connectivity index (χ4v) is 4.54. The molecule has 3 aromatic rings. The summed E-state index contributed by atoms with van der Waals surface area (Å²) >= 11 is 0. The van der Waals surface area contributed by atoms with E-state index in [-0.39, 0.29) is 11.4 Å². The van der Waals surface area contributed by atoms with Crippen molar-refractivity contribution >= 4 is 10.9 Å². The summed E-state index contributed by atoms with van der Waals surface area (Å²) in [6.45, 7) is 6.25. The van der Waals surface area contributed by atoms with E-state index < -0.39 is 0 Å². The van der Waals surface area contributed by atoms with Crippen LogP contribution in [-0.4, -0.2) is 23.2 Å². The molecule has 0 saturated carbocycles. The van der Waals surface area contributed by atoms with Crippen LogP contribution in [-0.2, 0) is 19.5 Å². The number of halogens is 1. The van der Waals surface area contributed by atoms with Gasteiger partial charge in [0.15, 0.2) is 0 Å². The predicted molar refractivity (Wildman–Crippen MR) is 123 cm³/mol. The zero-order valence-corrected chi connectivity index (χ0v) is 18.2. The van der Waals surface area contributed by atoms with E-state index in [1.54, 1.807) is 10.6 Å². The first-order valence-electron chi connectivity index (χ1n) is 11.1. The Morgan fingerprint density at radius 3 is 2.52 bits per heavy atom. The molecule has 0 spiro atoms. The summed E-state index contributed by atoms with van der Waals surface area (Å²) in [7, 11) is 0. The summed E-state index contributed by atoms with van der Waals surface area (Å²) in [5, 5.41) is 4.33. The Kier molecular flexibility index (Phi) is 6.80. The van der Waals surface area contributed by atoms with E-state index in [4.69, 9.17) is 0 Å². The minimum Gasteiger partial charge on any atom is -0.312 e. The van der Waals surface area contributed by atoms with Crippen LogP contribution in [0.15, 0.2) is 59.4 Å². The van der Waals surface area contributed by atoms with Crippen molar-refractivity contribution in [3.05, 3.63) is 81.9 Å². The Bertz CT molecular complexity index is 1070. The van der Waals surface area contributed by atoms with Crippen molar-refractivity contribution in [3.8, 4) is 0 Å². The summed E-state index contributed by atoms with van der Waals surface area (Å²) in [6, 6.07) is 17.5. The highest BCUT2D eigenvalue weighted by molar-refractivity contribution is 5.79. The highest BCUT2D eigenvalue weighted by Crippen LogP contribution is 2.18. The third-order valence-electron chi connectivity index (χ3n) is 6.39. The Hall–Kier alpha value is -2.54. The number of hydrogen-bond acceptors (Lipinski definition) is 4. The van der Waals surface area contributed by atoms with Gasteiger partial charge in [0.1, 0.15) is 5.82 Å². The first-order chi connectivity index (χ1) is 15.0. The highest BCUT2D eigenvalue weighted by Gasteiger charge is 2.28. The van der Waals surface area contributed by atoms with E-state index in [0.717, 1.165) is 35.9 Å². The average Bonchev–Trinajstić information content (AvgIpc) is 3.09. The van der Waals surface area contributed by atoms with Gasteiger partial charge in [-0.25, -0.2) is 4.39 Å². The second-order valence-corrected chi connectivity index (χ2v) is 8.56. The second kappa shape index (κ2) is 9.73. The third-order valence-corrected chi connectivity index (χ3v) is 6.39. The van der Waals surface area contributed by atoms with Crippen LogP contribution < -0.4 is 21.7 Å². The number of aryl methyl sites for hydroxylation is 2. The minimum absolute atomic E-state index is 0.0486. The van der Waals surface area contributed by atoms with Crippen molar-refractivity contribution < 1.29 is 4.39 Å². The topological polar surface area (TPSA) is 58.1 Å². The molecule has 0 aliphatic carbocycles. The number of pyridine rings is 1. The Balaban J connectivity index is 1.51. The predicted octanol–water partition coefficient (Wildman–Crippen LogP) is 3.36. The molecule has 4 rings (SSSR count). The number of hydrazine groups is 1. The molecule has 2 heterocycles. The summed E-state index contributed by atoms with van der Waals surface area (Å²) < 4.78 is 15.7. The van der Waals surface area contributed by atoms with Gasteiger partial charge in [0, 0.05) is 30.7 Å². The Morgan fingerprint density at radius 1 is 1.03 bits per heavy atom. The standard InChI is InChI=1S/C25H31FN4O/c1-17-23(18(2)29-28-17)10-12-27-16-21-14-20-8-9-22(26)15-24(20)30(25(21)31)13-11-19-6-4-3-5-7-19/h3-9,14-15,17-18,23,27-29H,10-13,16H2,1-2H3. The lowest BCUT2D eigenvalue weighted by Gasteiger charge is -2.18. The van der Waals surface area contributed by atoms with E-state index in [9.17, 15) is 9.18 Å². The molecule has 6 heteroatoms. The lowest BCUT2D eigenvalue weighted by molar-refractivity contribution is 0.401. The molecule has 2 aromatic carbocycles. The Labute approximate surface area is 182 Å². The smallest absolute Gasteiger partial charge is 0.255 e.